The zero-order chi connectivity index (χ0) is 26.9. The minimum atomic E-state index is -0.898. The van der Waals surface area contributed by atoms with Gasteiger partial charge in [-0.3, -0.25) is 9.59 Å². The van der Waals surface area contributed by atoms with Gasteiger partial charge in [0, 0.05) is 13.1 Å². The van der Waals surface area contributed by atoms with Gasteiger partial charge in [0.2, 0.25) is 11.8 Å². The van der Waals surface area contributed by atoms with Gasteiger partial charge in [-0.1, -0.05) is 74.5 Å². The first-order valence-electron chi connectivity index (χ1n) is 12.7. The maximum absolute atomic E-state index is 12.7. The average Bonchev–Trinajstić information content (AvgIpc) is 2.90. The van der Waals surface area contributed by atoms with Crippen molar-refractivity contribution < 1.29 is 23.9 Å². The Morgan fingerprint density at radius 3 is 2.08 bits per heavy atom. The first-order chi connectivity index (χ1) is 17.8. The van der Waals surface area contributed by atoms with E-state index in [9.17, 15) is 14.4 Å². The Bertz CT molecular complexity index is 940. The number of benzene rings is 2. The number of hydrogen-bond donors (Lipinski definition) is 4. The summed E-state index contributed by atoms with van der Waals surface area (Å²) in [7, 11) is 0. The normalized spacial score (nSPS) is 12.4. The summed E-state index contributed by atoms with van der Waals surface area (Å²) in [6.45, 7) is 5.48. The number of nitrogens with two attached hydrogens (primary N) is 1. The fraction of sp³-hybridized carbons (Fsp3) is 0.464. The molecule has 202 valence electrons. The van der Waals surface area contributed by atoms with Crippen LogP contribution in [0.5, 0.6) is 0 Å². The minimum absolute atomic E-state index is 0.0378. The third-order valence-electron chi connectivity index (χ3n) is 5.46. The second-order valence-corrected chi connectivity index (χ2v) is 9.29. The van der Waals surface area contributed by atoms with E-state index in [1.165, 1.54) is 0 Å². The van der Waals surface area contributed by atoms with Crippen LogP contribution >= 0.6 is 0 Å². The molecule has 2 rings (SSSR count). The van der Waals surface area contributed by atoms with Crippen LogP contribution in [0.1, 0.15) is 44.2 Å². The molecule has 0 saturated carbocycles. The summed E-state index contributed by atoms with van der Waals surface area (Å²) in [5.41, 5.74) is 7.90. The lowest BCUT2D eigenvalue weighted by atomic mass is 10.1. The molecule has 0 fully saturated rings. The molecule has 0 aliphatic carbocycles. The van der Waals surface area contributed by atoms with Crippen molar-refractivity contribution in [1.82, 2.24) is 16.0 Å². The molecule has 2 atom stereocenters. The number of carbonyl (C=O) groups is 3. The van der Waals surface area contributed by atoms with Gasteiger partial charge in [-0.25, -0.2) is 4.79 Å². The van der Waals surface area contributed by atoms with Crippen LogP contribution in [0.15, 0.2) is 60.7 Å². The highest BCUT2D eigenvalue weighted by Gasteiger charge is 2.23. The molecule has 2 aromatic carbocycles. The van der Waals surface area contributed by atoms with Crippen LogP contribution in [0.2, 0.25) is 0 Å². The molecule has 0 spiro atoms. The Kier molecular flexibility index (Phi) is 13.8. The summed E-state index contributed by atoms with van der Waals surface area (Å²) in [4.78, 5) is 37.2. The zero-order valence-corrected chi connectivity index (χ0v) is 21.8. The van der Waals surface area contributed by atoms with E-state index in [2.05, 4.69) is 16.0 Å². The Hall–Kier alpha value is -3.43. The second-order valence-electron chi connectivity index (χ2n) is 9.29. The lowest BCUT2D eigenvalue weighted by molar-refractivity contribution is -0.130. The lowest BCUT2D eigenvalue weighted by Crippen LogP contribution is -2.53. The predicted octanol–water partition coefficient (Wildman–Crippen LogP) is 2.88. The maximum atomic E-state index is 12.7. The van der Waals surface area contributed by atoms with Gasteiger partial charge in [-0.05, 0) is 36.3 Å². The van der Waals surface area contributed by atoms with Crippen LogP contribution in [0.25, 0.3) is 0 Å². The van der Waals surface area contributed by atoms with Crippen molar-refractivity contribution in [2.75, 3.05) is 19.7 Å². The highest BCUT2D eigenvalue weighted by atomic mass is 16.5. The van der Waals surface area contributed by atoms with Gasteiger partial charge in [-0.15, -0.1) is 0 Å². The molecule has 3 amide bonds. The smallest absolute Gasteiger partial charge is 0.407 e. The SMILES string of the molecule is CC(C)CNC(=O)[C@H](CCCCNC(=O)OCc1ccccc1)NC(=O)[C@@H](N)COCc1ccccc1. The number of hydrogen-bond acceptors (Lipinski definition) is 6. The van der Waals surface area contributed by atoms with Crippen molar-refractivity contribution in [3.8, 4) is 0 Å². The van der Waals surface area contributed by atoms with Crippen LogP contribution in [0.4, 0.5) is 4.79 Å². The van der Waals surface area contributed by atoms with Crippen LogP contribution in [-0.4, -0.2) is 49.7 Å². The van der Waals surface area contributed by atoms with Gasteiger partial charge in [-0.2, -0.15) is 0 Å². The second kappa shape index (κ2) is 17.1. The van der Waals surface area contributed by atoms with Crippen LogP contribution in [0.3, 0.4) is 0 Å². The molecule has 0 aromatic heterocycles. The third-order valence-corrected chi connectivity index (χ3v) is 5.46. The fourth-order valence-electron chi connectivity index (χ4n) is 3.37. The molecule has 37 heavy (non-hydrogen) atoms. The van der Waals surface area contributed by atoms with Crippen LogP contribution in [-0.2, 0) is 32.3 Å². The molecule has 2 aromatic rings. The van der Waals surface area contributed by atoms with Crippen LogP contribution < -0.4 is 21.7 Å². The number of alkyl carbamates (subject to hydrolysis) is 1. The Labute approximate surface area is 219 Å². The average molecular weight is 513 g/mol. The summed E-state index contributed by atoms with van der Waals surface area (Å²) in [5, 5.41) is 8.33. The summed E-state index contributed by atoms with van der Waals surface area (Å²) >= 11 is 0. The van der Waals surface area contributed by atoms with Gasteiger partial charge in [0.15, 0.2) is 0 Å². The molecule has 9 nitrogen and oxygen atoms in total. The molecule has 0 aliphatic rings. The predicted molar refractivity (Wildman–Crippen MR) is 142 cm³/mol. The quantitative estimate of drug-likeness (QED) is 0.256. The van der Waals surface area contributed by atoms with Gasteiger partial charge in [0.25, 0.3) is 0 Å². The van der Waals surface area contributed by atoms with E-state index in [4.69, 9.17) is 15.2 Å². The van der Waals surface area contributed by atoms with Crippen molar-refractivity contribution in [2.45, 2.75) is 58.4 Å². The van der Waals surface area contributed by atoms with E-state index < -0.39 is 24.1 Å². The van der Waals surface area contributed by atoms with Gasteiger partial charge < -0.3 is 31.2 Å². The van der Waals surface area contributed by atoms with E-state index in [-0.39, 0.29) is 25.0 Å². The molecule has 9 heteroatoms. The van der Waals surface area contributed by atoms with Gasteiger partial charge in [0.1, 0.15) is 18.7 Å². The monoisotopic (exact) mass is 512 g/mol. The first-order valence-corrected chi connectivity index (χ1v) is 12.7. The number of ether oxygens (including phenoxy) is 2. The van der Waals surface area contributed by atoms with Gasteiger partial charge >= 0.3 is 6.09 Å². The maximum Gasteiger partial charge on any atom is 0.407 e. The summed E-state index contributed by atoms with van der Waals surface area (Å²) < 4.78 is 10.8. The number of rotatable bonds is 16. The zero-order valence-electron chi connectivity index (χ0n) is 21.8. The molecular formula is C28H40N4O5. The Balaban J connectivity index is 1.73. The molecule has 5 N–H and O–H groups in total. The summed E-state index contributed by atoms with van der Waals surface area (Å²) in [6, 6.07) is 17.4. The molecule has 0 aliphatic heterocycles. The third kappa shape index (κ3) is 12.9. The van der Waals surface area contributed by atoms with Crippen molar-refractivity contribution in [3.05, 3.63) is 71.8 Å². The largest absolute Gasteiger partial charge is 0.445 e. The van der Waals surface area contributed by atoms with Crippen molar-refractivity contribution >= 4 is 17.9 Å². The molecular weight excluding hydrogens is 472 g/mol. The standard InChI is InChI=1S/C28H40N4O5/c1-21(2)17-31-27(34)25(32-26(33)24(29)20-36-18-22-11-5-3-6-12-22)15-9-10-16-30-28(35)37-19-23-13-7-4-8-14-23/h3-8,11-14,21,24-25H,9-10,15-20,29H2,1-2H3,(H,30,35)(H,31,34)(H,32,33)/t24-,25-/m0/s1. The summed E-state index contributed by atoms with van der Waals surface area (Å²) in [6.07, 6.45) is 1.15. The highest BCUT2D eigenvalue weighted by Crippen LogP contribution is 2.05. The highest BCUT2D eigenvalue weighted by molar-refractivity contribution is 5.89. The molecule has 0 bridgehead atoms. The molecule has 0 saturated heterocycles. The number of unbranched alkanes of at least 4 members (excludes halogenated alkanes) is 1. The number of carbonyl (C=O) groups excluding carboxylic acids is 3. The van der Waals surface area contributed by atoms with Crippen molar-refractivity contribution in [2.24, 2.45) is 11.7 Å². The Morgan fingerprint density at radius 2 is 1.46 bits per heavy atom. The molecule has 0 unspecified atom stereocenters. The van der Waals surface area contributed by atoms with E-state index in [1.807, 2.05) is 74.5 Å². The topological polar surface area (TPSA) is 132 Å². The van der Waals surface area contributed by atoms with E-state index in [0.717, 1.165) is 11.1 Å². The van der Waals surface area contributed by atoms with Crippen molar-refractivity contribution in [1.29, 1.82) is 0 Å². The van der Waals surface area contributed by atoms with Crippen LogP contribution in [0, 0.1) is 5.92 Å². The molecule has 0 radical (unpaired) electrons. The number of nitrogens with one attached hydrogen (secondary N) is 3. The van der Waals surface area contributed by atoms with E-state index in [1.54, 1.807) is 0 Å². The van der Waals surface area contributed by atoms with Crippen molar-refractivity contribution in [3.63, 3.8) is 0 Å². The van der Waals surface area contributed by atoms with E-state index >= 15 is 0 Å². The van der Waals surface area contributed by atoms with Gasteiger partial charge in [0.05, 0.1) is 13.2 Å². The first kappa shape index (κ1) is 29.8. The number of amides is 3. The lowest BCUT2D eigenvalue weighted by Gasteiger charge is -2.21. The molecule has 0 heterocycles. The Morgan fingerprint density at radius 1 is 0.838 bits per heavy atom. The minimum Gasteiger partial charge on any atom is -0.445 e. The fourth-order valence-corrected chi connectivity index (χ4v) is 3.37. The summed E-state index contributed by atoms with van der Waals surface area (Å²) in [5.74, 6) is -0.421. The van der Waals surface area contributed by atoms with E-state index in [0.29, 0.717) is 39.0 Å².